The maximum atomic E-state index is 12.2. The van der Waals surface area contributed by atoms with E-state index in [2.05, 4.69) is 108 Å². The number of aromatic nitrogens is 3. The SMILES string of the molecule is CC.Cc1cccc(OC2CCCC(C(C)CNCc3ccc4nc[nH]c4c3)C2)c1.Cc1cccc(O[C@@H]2CCCC(C(C)CNC(=O)c3ccncc3)C2)c1. The number of nitrogens with zero attached hydrogens (tertiary/aromatic N) is 2. The summed E-state index contributed by atoms with van der Waals surface area (Å²) in [4.78, 5) is 23.6. The highest BCUT2D eigenvalue weighted by Crippen LogP contribution is 2.34. The molecule has 300 valence electrons. The van der Waals surface area contributed by atoms with Gasteiger partial charge in [0.25, 0.3) is 5.91 Å². The van der Waals surface area contributed by atoms with Crippen molar-refractivity contribution in [2.75, 3.05) is 13.1 Å². The van der Waals surface area contributed by atoms with Gasteiger partial charge in [0.05, 0.1) is 29.6 Å². The molecule has 0 radical (unpaired) electrons. The molecule has 0 aliphatic heterocycles. The molecule has 2 aliphatic carbocycles. The summed E-state index contributed by atoms with van der Waals surface area (Å²) in [5.74, 6) is 4.36. The zero-order chi connectivity index (χ0) is 39.7. The molecule has 3 N–H and O–H groups in total. The van der Waals surface area contributed by atoms with Crippen LogP contribution in [0.3, 0.4) is 0 Å². The van der Waals surface area contributed by atoms with E-state index in [0.29, 0.717) is 36.0 Å². The van der Waals surface area contributed by atoms with E-state index in [-0.39, 0.29) is 12.0 Å². The summed E-state index contributed by atoms with van der Waals surface area (Å²) in [5.41, 5.74) is 6.58. The summed E-state index contributed by atoms with van der Waals surface area (Å²) >= 11 is 0. The van der Waals surface area contributed by atoms with Crippen molar-refractivity contribution in [3.63, 3.8) is 0 Å². The number of pyridine rings is 1. The molecule has 1 amide bonds. The van der Waals surface area contributed by atoms with Gasteiger partial charge in [-0.2, -0.15) is 0 Å². The van der Waals surface area contributed by atoms with Gasteiger partial charge in [0.15, 0.2) is 0 Å². The Morgan fingerprint density at radius 2 is 1.36 bits per heavy atom. The molecule has 0 bridgehead atoms. The van der Waals surface area contributed by atoms with Crippen molar-refractivity contribution in [3.05, 3.63) is 120 Å². The largest absolute Gasteiger partial charge is 0.490 e. The second-order valence-electron chi connectivity index (χ2n) is 15.8. The van der Waals surface area contributed by atoms with Gasteiger partial charge in [0, 0.05) is 31.0 Å². The van der Waals surface area contributed by atoms with E-state index in [1.54, 1.807) is 30.9 Å². The topological polar surface area (TPSA) is 101 Å². The highest BCUT2D eigenvalue weighted by atomic mass is 16.5. The fourth-order valence-electron chi connectivity index (χ4n) is 8.10. The zero-order valence-corrected chi connectivity index (χ0v) is 34.6. The Labute approximate surface area is 335 Å². The van der Waals surface area contributed by atoms with Gasteiger partial charge < -0.3 is 25.1 Å². The first-order chi connectivity index (χ1) is 27.3. The molecule has 3 aromatic carbocycles. The van der Waals surface area contributed by atoms with Crippen LogP contribution in [0.1, 0.15) is 106 Å². The number of fused-ring (bicyclic) bond motifs is 1. The van der Waals surface area contributed by atoms with Crippen LogP contribution in [0, 0.1) is 37.5 Å². The van der Waals surface area contributed by atoms with E-state index >= 15 is 0 Å². The van der Waals surface area contributed by atoms with Crippen LogP contribution in [0.5, 0.6) is 11.5 Å². The second-order valence-corrected chi connectivity index (χ2v) is 15.8. The minimum absolute atomic E-state index is 0.0254. The van der Waals surface area contributed by atoms with Crippen molar-refractivity contribution in [1.82, 2.24) is 25.6 Å². The molecule has 0 spiro atoms. The highest BCUT2D eigenvalue weighted by molar-refractivity contribution is 5.93. The van der Waals surface area contributed by atoms with Crippen molar-refractivity contribution in [2.24, 2.45) is 23.7 Å². The van der Waals surface area contributed by atoms with Crippen LogP contribution in [0.15, 0.2) is 97.6 Å². The van der Waals surface area contributed by atoms with Crippen LogP contribution in [-0.2, 0) is 6.54 Å². The Bertz CT molecular complexity index is 1890. The van der Waals surface area contributed by atoms with Crippen LogP contribution in [0.25, 0.3) is 11.0 Å². The maximum Gasteiger partial charge on any atom is 0.251 e. The van der Waals surface area contributed by atoms with Crippen LogP contribution >= 0.6 is 0 Å². The van der Waals surface area contributed by atoms with Gasteiger partial charge in [-0.05, 0) is 161 Å². The van der Waals surface area contributed by atoms with E-state index in [9.17, 15) is 4.79 Å². The monoisotopic (exact) mass is 760 g/mol. The first kappa shape index (κ1) is 42.5. The van der Waals surface area contributed by atoms with Gasteiger partial charge in [-0.25, -0.2) is 4.98 Å². The van der Waals surface area contributed by atoms with E-state index in [1.165, 1.54) is 48.8 Å². The Morgan fingerprint density at radius 1 is 0.768 bits per heavy atom. The lowest BCUT2D eigenvalue weighted by atomic mass is 9.79. The lowest BCUT2D eigenvalue weighted by Crippen LogP contribution is -2.35. The average molecular weight is 760 g/mol. The molecule has 5 aromatic rings. The van der Waals surface area contributed by atoms with E-state index in [4.69, 9.17) is 9.47 Å². The highest BCUT2D eigenvalue weighted by Gasteiger charge is 2.28. The molecule has 2 aromatic heterocycles. The van der Waals surface area contributed by atoms with Crippen LogP contribution in [-0.4, -0.2) is 46.2 Å². The molecular weight excluding hydrogens is 695 g/mol. The van der Waals surface area contributed by atoms with Gasteiger partial charge in [0.1, 0.15) is 11.5 Å². The molecule has 5 unspecified atom stereocenters. The number of ether oxygens (including phenoxy) is 2. The summed E-state index contributed by atoms with van der Waals surface area (Å²) in [6, 6.07) is 26.6. The Balaban J connectivity index is 0.000000206. The van der Waals surface area contributed by atoms with Crippen molar-refractivity contribution < 1.29 is 14.3 Å². The Hall–Kier alpha value is -4.69. The number of nitrogens with one attached hydrogen (secondary N) is 3. The molecule has 0 saturated heterocycles. The summed E-state index contributed by atoms with van der Waals surface area (Å²) in [6.45, 7) is 15.5. The summed E-state index contributed by atoms with van der Waals surface area (Å²) in [7, 11) is 0. The van der Waals surface area contributed by atoms with Crippen LogP contribution in [0.4, 0.5) is 0 Å². The Kier molecular flexibility index (Phi) is 16.8. The fourth-order valence-corrected chi connectivity index (χ4v) is 8.10. The number of H-pyrrole nitrogens is 1. The number of carbonyl (C=O) groups is 1. The smallest absolute Gasteiger partial charge is 0.251 e. The number of amides is 1. The minimum Gasteiger partial charge on any atom is -0.490 e. The number of hydrogen-bond acceptors (Lipinski definition) is 6. The van der Waals surface area contributed by atoms with E-state index in [0.717, 1.165) is 60.8 Å². The first-order valence-corrected chi connectivity index (χ1v) is 21.1. The van der Waals surface area contributed by atoms with Crippen LogP contribution < -0.4 is 20.1 Å². The van der Waals surface area contributed by atoms with Crippen molar-refractivity contribution in [3.8, 4) is 11.5 Å². The number of imidazole rings is 1. The van der Waals surface area contributed by atoms with Gasteiger partial charge in [-0.1, -0.05) is 58.0 Å². The number of hydrogen-bond donors (Lipinski definition) is 3. The zero-order valence-electron chi connectivity index (χ0n) is 34.6. The van der Waals surface area contributed by atoms with E-state index in [1.807, 2.05) is 26.0 Å². The second kappa shape index (κ2) is 22.2. The van der Waals surface area contributed by atoms with Crippen molar-refractivity contribution >= 4 is 16.9 Å². The normalized spacial score (nSPS) is 20.3. The summed E-state index contributed by atoms with van der Waals surface area (Å²) in [6.07, 6.45) is 15.1. The third-order valence-electron chi connectivity index (χ3n) is 11.3. The molecule has 56 heavy (non-hydrogen) atoms. The predicted octanol–water partition coefficient (Wildman–Crippen LogP) is 10.7. The third-order valence-corrected chi connectivity index (χ3v) is 11.3. The van der Waals surface area contributed by atoms with Crippen molar-refractivity contribution in [2.45, 2.75) is 112 Å². The van der Waals surface area contributed by atoms with Crippen molar-refractivity contribution in [1.29, 1.82) is 0 Å². The molecule has 2 saturated carbocycles. The van der Waals surface area contributed by atoms with Gasteiger partial charge >= 0.3 is 0 Å². The number of aryl methyl sites for hydroxylation is 2. The number of aromatic amines is 1. The molecule has 2 aliphatic rings. The molecule has 8 nitrogen and oxygen atoms in total. The molecular formula is C48H65N5O3. The number of carbonyl (C=O) groups excluding carboxylic acids is 1. The Morgan fingerprint density at radius 3 is 1.95 bits per heavy atom. The maximum absolute atomic E-state index is 12.2. The van der Waals surface area contributed by atoms with Gasteiger partial charge in [-0.15, -0.1) is 0 Å². The fraction of sp³-hybridized carbons (Fsp3) is 0.479. The average Bonchev–Trinajstić information content (AvgIpc) is 3.70. The molecule has 6 atom stereocenters. The standard InChI is InChI=1S/C24H31N3O.C22H28N2O2.C2H6/c1-17-5-3-7-21(11-17)28-22-8-4-6-20(13-22)18(2)14-25-15-19-9-10-23-24(12-19)27-16-26-23;1-16-5-3-7-20(13-16)26-21-8-4-6-19(14-21)17(2)15-24-22(25)18-9-11-23-12-10-18;1-2/h3,5,7,9-12,16,18,20,22,25H,4,6,8,13-15H2,1-2H3,(H,26,27);3,5,7,9-13,17,19,21H,4,6,8,14-15H2,1-2H3,(H,24,25);1-2H3/t;17?,19?,21-;/m.1./s1. The van der Waals surface area contributed by atoms with Gasteiger partial charge in [0.2, 0.25) is 0 Å². The summed E-state index contributed by atoms with van der Waals surface area (Å²) in [5, 5.41) is 6.71. The quantitative estimate of drug-likeness (QED) is 0.110. The molecule has 2 heterocycles. The van der Waals surface area contributed by atoms with Crippen LogP contribution in [0.2, 0.25) is 0 Å². The first-order valence-electron chi connectivity index (χ1n) is 21.1. The lowest BCUT2D eigenvalue weighted by molar-refractivity contribution is 0.0896. The number of benzene rings is 3. The minimum atomic E-state index is -0.0254. The molecule has 2 fully saturated rings. The molecule has 7 rings (SSSR count). The van der Waals surface area contributed by atoms with Gasteiger partial charge in [-0.3, -0.25) is 9.78 Å². The van der Waals surface area contributed by atoms with E-state index < -0.39 is 0 Å². The third kappa shape index (κ3) is 13.2. The summed E-state index contributed by atoms with van der Waals surface area (Å²) < 4.78 is 12.5. The lowest BCUT2D eigenvalue weighted by Gasteiger charge is -2.33. The predicted molar refractivity (Wildman–Crippen MR) is 229 cm³/mol. The number of rotatable bonds is 13. The molecule has 8 heteroatoms.